The van der Waals surface area contributed by atoms with E-state index in [1.54, 1.807) is 0 Å². The van der Waals surface area contributed by atoms with Crippen LogP contribution < -0.4 is 5.32 Å². The van der Waals surface area contributed by atoms with Gasteiger partial charge in [0.05, 0.1) is 18.3 Å². The van der Waals surface area contributed by atoms with Crippen LogP contribution in [0.25, 0.3) is 0 Å². The molecule has 4 nitrogen and oxygen atoms in total. The molecule has 0 aliphatic heterocycles. The number of aliphatic hydroxyl groups excluding tert-OH is 1. The Morgan fingerprint density at radius 1 is 1.44 bits per heavy atom. The second-order valence-electron chi connectivity index (χ2n) is 5.25. The van der Waals surface area contributed by atoms with Crippen molar-refractivity contribution in [2.24, 2.45) is 0 Å². The molecule has 4 heteroatoms. The van der Waals surface area contributed by atoms with Gasteiger partial charge in [-0.3, -0.25) is 4.68 Å². The van der Waals surface area contributed by atoms with Gasteiger partial charge in [-0.15, -0.1) is 0 Å². The molecule has 1 atom stereocenters. The average molecular weight is 251 g/mol. The van der Waals surface area contributed by atoms with Crippen LogP contribution in [-0.2, 0) is 6.54 Å². The Morgan fingerprint density at radius 2 is 2.22 bits per heavy atom. The third kappa shape index (κ3) is 3.56. The van der Waals surface area contributed by atoms with Gasteiger partial charge in [0.25, 0.3) is 0 Å². The van der Waals surface area contributed by atoms with E-state index >= 15 is 0 Å². The third-order valence-electron chi connectivity index (χ3n) is 3.90. The molecule has 0 spiro atoms. The van der Waals surface area contributed by atoms with Crippen LogP contribution in [-0.4, -0.2) is 27.5 Å². The van der Waals surface area contributed by atoms with Gasteiger partial charge in [0.2, 0.25) is 0 Å². The minimum absolute atomic E-state index is 0.185. The van der Waals surface area contributed by atoms with E-state index in [-0.39, 0.29) is 12.6 Å². The maximum absolute atomic E-state index is 9.12. The zero-order valence-electron chi connectivity index (χ0n) is 11.3. The summed E-state index contributed by atoms with van der Waals surface area (Å²) in [5.74, 6) is 0. The molecular formula is C14H25N3O. The van der Waals surface area contributed by atoms with Crippen molar-refractivity contribution in [1.29, 1.82) is 0 Å². The van der Waals surface area contributed by atoms with Gasteiger partial charge in [-0.05, 0) is 25.3 Å². The molecule has 102 valence electrons. The monoisotopic (exact) mass is 251 g/mol. The lowest BCUT2D eigenvalue weighted by Crippen LogP contribution is -2.31. The van der Waals surface area contributed by atoms with Crippen molar-refractivity contribution < 1.29 is 5.11 Å². The van der Waals surface area contributed by atoms with Crippen LogP contribution in [0.5, 0.6) is 0 Å². The Kier molecular flexibility index (Phi) is 5.20. The standard InChI is InChI=1S/C14H25N3O/c1-2-12(11-18)15-10-13-8-9-17(16-13)14-6-4-3-5-7-14/h8-9,12,14-15,18H,2-7,10-11H2,1H3. The molecule has 1 aromatic heterocycles. The lowest BCUT2D eigenvalue weighted by molar-refractivity contribution is 0.237. The molecule has 0 amide bonds. The van der Waals surface area contributed by atoms with Gasteiger partial charge < -0.3 is 10.4 Å². The smallest absolute Gasteiger partial charge is 0.0762 e. The molecule has 0 aromatic carbocycles. The molecular weight excluding hydrogens is 226 g/mol. The van der Waals surface area contributed by atoms with E-state index in [0.29, 0.717) is 6.04 Å². The fourth-order valence-electron chi connectivity index (χ4n) is 2.61. The summed E-state index contributed by atoms with van der Waals surface area (Å²) in [7, 11) is 0. The first-order valence-electron chi connectivity index (χ1n) is 7.21. The van der Waals surface area contributed by atoms with Crippen molar-refractivity contribution in [2.75, 3.05) is 6.61 Å². The minimum Gasteiger partial charge on any atom is -0.395 e. The van der Waals surface area contributed by atoms with Crippen LogP contribution in [0.1, 0.15) is 57.2 Å². The highest BCUT2D eigenvalue weighted by molar-refractivity contribution is 5.00. The second-order valence-corrected chi connectivity index (χ2v) is 5.25. The minimum atomic E-state index is 0.185. The number of nitrogens with zero attached hydrogens (tertiary/aromatic N) is 2. The Morgan fingerprint density at radius 3 is 2.89 bits per heavy atom. The Labute approximate surface area is 109 Å². The van der Waals surface area contributed by atoms with Gasteiger partial charge in [-0.1, -0.05) is 26.2 Å². The van der Waals surface area contributed by atoms with Crippen LogP contribution in [0.4, 0.5) is 0 Å². The van der Waals surface area contributed by atoms with Crippen molar-refractivity contribution >= 4 is 0 Å². The first-order valence-corrected chi connectivity index (χ1v) is 7.21. The SMILES string of the molecule is CCC(CO)NCc1ccn(C2CCCCC2)n1. The largest absolute Gasteiger partial charge is 0.395 e. The molecule has 0 bridgehead atoms. The first-order chi connectivity index (χ1) is 8.83. The number of nitrogens with one attached hydrogen (secondary N) is 1. The number of hydrogen-bond acceptors (Lipinski definition) is 3. The van der Waals surface area contributed by atoms with Crippen molar-refractivity contribution in [1.82, 2.24) is 15.1 Å². The number of aliphatic hydroxyl groups is 1. The maximum atomic E-state index is 9.12. The van der Waals surface area contributed by atoms with Gasteiger partial charge >= 0.3 is 0 Å². The van der Waals surface area contributed by atoms with Gasteiger partial charge in [-0.25, -0.2) is 0 Å². The molecule has 1 aliphatic rings. The number of hydrogen-bond donors (Lipinski definition) is 2. The van der Waals surface area contributed by atoms with Gasteiger partial charge in [-0.2, -0.15) is 5.10 Å². The van der Waals surface area contributed by atoms with Crippen LogP contribution in [0.3, 0.4) is 0 Å². The summed E-state index contributed by atoms with van der Waals surface area (Å²) in [5, 5.41) is 17.1. The van der Waals surface area contributed by atoms with Crippen molar-refractivity contribution in [3.8, 4) is 0 Å². The molecule has 0 saturated heterocycles. The zero-order valence-corrected chi connectivity index (χ0v) is 11.3. The molecule has 1 unspecified atom stereocenters. The van der Waals surface area contributed by atoms with E-state index < -0.39 is 0 Å². The van der Waals surface area contributed by atoms with E-state index in [1.165, 1.54) is 32.1 Å². The highest BCUT2D eigenvalue weighted by Gasteiger charge is 2.16. The van der Waals surface area contributed by atoms with Crippen molar-refractivity contribution in [3.63, 3.8) is 0 Å². The van der Waals surface area contributed by atoms with Crippen LogP contribution >= 0.6 is 0 Å². The summed E-state index contributed by atoms with van der Waals surface area (Å²) in [6.45, 7) is 3.02. The highest BCUT2D eigenvalue weighted by atomic mass is 16.3. The van der Waals surface area contributed by atoms with E-state index in [4.69, 9.17) is 5.11 Å². The lowest BCUT2D eigenvalue weighted by atomic mass is 9.96. The fraction of sp³-hybridized carbons (Fsp3) is 0.786. The van der Waals surface area contributed by atoms with Gasteiger partial charge in [0.1, 0.15) is 0 Å². The maximum Gasteiger partial charge on any atom is 0.0762 e. The number of rotatable bonds is 6. The molecule has 1 fully saturated rings. The molecule has 1 aliphatic carbocycles. The quantitative estimate of drug-likeness (QED) is 0.815. The van der Waals surface area contributed by atoms with E-state index in [9.17, 15) is 0 Å². The summed E-state index contributed by atoms with van der Waals surface area (Å²) in [4.78, 5) is 0. The predicted molar refractivity (Wildman–Crippen MR) is 72.4 cm³/mol. The van der Waals surface area contributed by atoms with Gasteiger partial charge in [0.15, 0.2) is 0 Å². The number of aromatic nitrogens is 2. The molecule has 1 saturated carbocycles. The summed E-state index contributed by atoms with van der Waals surface area (Å²) >= 11 is 0. The lowest BCUT2D eigenvalue weighted by Gasteiger charge is -2.21. The Balaban J connectivity index is 1.85. The summed E-state index contributed by atoms with van der Waals surface area (Å²) < 4.78 is 2.13. The Hall–Kier alpha value is -0.870. The summed E-state index contributed by atoms with van der Waals surface area (Å²) in [6.07, 6.45) is 9.63. The van der Waals surface area contributed by atoms with Crippen LogP contribution in [0.2, 0.25) is 0 Å². The van der Waals surface area contributed by atoms with E-state index in [0.717, 1.165) is 18.7 Å². The molecule has 1 aromatic rings. The van der Waals surface area contributed by atoms with Crippen molar-refractivity contribution in [3.05, 3.63) is 18.0 Å². The zero-order chi connectivity index (χ0) is 12.8. The molecule has 1 heterocycles. The second kappa shape index (κ2) is 6.90. The Bertz CT molecular complexity index is 341. The van der Waals surface area contributed by atoms with E-state index in [2.05, 4.69) is 34.3 Å². The molecule has 2 N–H and O–H groups in total. The summed E-state index contributed by atoms with van der Waals surface area (Å²) in [5.41, 5.74) is 1.08. The normalized spacial score (nSPS) is 19.0. The molecule has 0 radical (unpaired) electrons. The molecule has 18 heavy (non-hydrogen) atoms. The first kappa shape index (κ1) is 13.6. The van der Waals surface area contributed by atoms with E-state index in [1.807, 2.05) is 0 Å². The van der Waals surface area contributed by atoms with Crippen molar-refractivity contribution in [2.45, 2.75) is 64.1 Å². The molecule has 2 rings (SSSR count). The summed E-state index contributed by atoms with van der Waals surface area (Å²) in [6, 6.07) is 2.88. The average Bonchev–Trinajstić information content (AvgIpc) is 2.90. The van der Waals surface area contributed by atoms with Crippen LogP contribution in [0, 0.1) is 0 Å². The third-order valence-corrected chi connectivity index (χ3v) is 3.90. The fourth-order valence-corrected chi connectivity index (χ4v) is 2.61. The highest BCUT2D eigenvalue weighted by Crippen LogP contribution is 2.27. The van der Waals surface area contributed by atoms with Gasteiger partial charge in [0, 0.05) is 18.8 Å². The van der Waals surface area contributed by atoms with Crippen LogP contribution in [0.15, 0.2) is 12.3 Å². The topological polar surface area (TPSA) is 50.1 Å². The predicted octanol–water partition coefficient (Wildman–Crippen LogP) is 2.25.